The van der Waals surface area contributed by atoms with Crippen LogP contribution in [0.15, 0.2) is 18.2 Å². The van der Waals surface area contributed by atoms with Gasteiger partial charge in [0.1, 0.15) is 5.75 Å². The Morgan fingerprint density at radius 3 is 2.72 bits per heavy atom. The van der Waals surface area contributed by atoms with Crippen molar-refractivity contribution in [1.82, 2.24) is 0 Å². The van der Waals surface area contributed by atoms with E-state index >= 15 is 0 Å². The number of carboxylic acids is 1. The zero-order chi connectivity index (χ0) is 13.5. The van der Waals surface area contributed by atoms with Crippen LogP contribution >= 0.6 is 0 Å². The number of carboxylic acid groups (broad SMARTS) is 1. The third-order valence-electron chi connectivity index (χ3n) is 2.42. The number of nitro groups is 1. The van der Waals surface area contributed by atoms with Gasteiger partial charge in [0.15, 0.2) is 0 Å². The van der Waals surface area contributed by atoms with Gasteiger partial charge in [-0.1, -0.05) is 0 Å². The van der Waals surface area contributed by atoms with Gasteiger partial charge in [-0.05, 0) is 31.9 Å². The van der Waals surface area contributed by atoms with Crippen molar-refractivity contribution in [1.29, 1.82) is 0 Å². The fourth-order valence-corrected chi connectivity index (χ4v) is 1.49. The molecule has 0 saturated heterocycles. The first-order valence-electron chi connectivity index (χ1n) is 5.60. The number of benzene rings is 1. The number of unbranched alkanes of at least 4 members (excludes halogenated alkanes) is 1. The van der Waals surface area contributed by atoms with E-state index in [4.69, 9.17) is 9.84 Å². The molecule has 1 N–H and O–H groups in total. The molecule has 0 amide bonds. The highest BCUT2D eigenvalue weighted by Gasteiger charge is 2.10. The minimum Gasteiger partial charge on any atom is -0.494 e. The summed E-state index contributed by atoms with van der Waals surface area (Å²) in [5, 5.41) is 19.0. The molecular formula is C12H15NO5. The molecule has 0 unspecified atom stereocenters. The number of rotatable bonds is 7. The standard InChI is InChI=1S/C12H15NO5/c1-9-8-10(5-6-11(9)13(16)17)18-7-3-2-4-12(14)15/h5-6,8H,2-4,7H2,1H3,(H,14,15). The fourth-order valence-electron chi connectivity index (χ4n) is 1.49. The molecule has 18 heavy (non-hydrogen) atoms. The van der Waals surface area contributed by atoms with Crippen LogP contribution in [0.3, 0.4) is 0 Å². The summed E-state index contributed by atoms with van der Waals surface area (Å²) in [6.45, 7) is 2.06. The van der Waals surface area contributed by atoms with Gasteiger partial charge in [0.05, 0.1) is 11.5 Å². The highest BCUT2D eigenvalue weighted by molar-refractivity contribution is 5.66. The summed E-state index contributed by atoms with van der Waals surface area (Å²) in [7, 11) is 0. The van der Waals surface area contributed by atoms with Crippen LogP contribution in [0.2, 0.25) is 0 Å². The Morgan fingerprint density at radius 1 is 1.44 bits per heavy atom. The molecule has 1 rings (SSSR count). The van der Waals surface area contributed by atoms with E-state index in [-0.39, 0.29) is 12.1 Å². The molecule has 0 radical (unpaired) electrons. The van der Waals surface area contributed by atoms with Crippen molar-refractivity contribution in [3.8, 4) is 5.75 Å². The summed E-state index contributed by atoms with van der Waals surface area (Å²) in [6.07, 6.45) is 1.33. The zero-order valence-electron chi connectivity index (χ0n) is 10.1. The van der Waals surface area contributed by atoms with Crippen LogP contribution in [0.25, 0.3) is 0 Å². The molecule has 0 aliphatic rings. The Bertz CT molecular complexity index is 444. The lowest BCUT2D eigenvalue weighted by molar-refractivity contribution is -0.385. The molecule has 0 bridgehead atoms. The summed E-state index contributed by atoms with van der Waals surface area (Å²) in [5.41, 5.74) is 0.608. The van der Waals surface area contributed by atoms with E-state index in [1.807, 2.05) is 0 Å². The topological polar surface area (TPSA) is 89.7 Å². The SMILES string of the molecule is Cc1cc(OCCCCC(=O)O)ccc1[N+](=O)[O-]. The second kappa shape index (κ2) is 6.58. The van der Waals surface area contributed by atoms with Gasteiger partial charge in [0.25, 0.3) is 5.69 Å². The molecule has 0 saturated carbocycles. The van der Waals surface area contributed by atoms with Crippen molar-refractivity contribution in [3.63, 3.8) is 0 Å². The van der Waals surface area contributed by atoms with Gasteiger partial charge in [-0.25, -0.2) is 0 Å². The molecule has 6 heteroatoms. The molecule has 0 fully saturated rings. The molecule has 1 aromatic rings. The van der Waals surface area contributed by atoms with Gasteiger partial charge in [0.2, 0.25) is 0 Å². The molecule has 6 nitrogen and oxygen atoms in total. The third-order valence-corrected chi connectivity index (χ3v) is 2.42. The normalized spacial score (nSPS) is 10.1. The van der Waals surface area contributed by atoms with Crippen molar-refractivity contribution in [2.75, 3.05) is 6.61 Å². The van der Waals surface area contributed by atoms with Crippen LogP contribution in [0, 0.1) is 17.0 Å². The molecule has 0 heterocycles. The average molecular weight is 253 g/mol. The van der Waals surface area contributed by atoms with E-state index in [1.54, 1.807) is 19.1 Å². The summed E-state index contributed by atoms with van der Waals surface area (Å²) in [5.74, 6) is -0.255. The lowest BCUT2D eigenvalue weighted by atomic mass is 10.2. The Labute approximate surface area is 104 Å². The minimum absolute atomic E-state index is 0.0632. The number of carbonyl (C=O) groups is 1. The van der Waals surface area contributed by atoms with Crippen LogP contribution in [-0.4, -0.2) is 22.6 Å². The molecule has 0 aromatic heterocycles. The zero-order valence-corrected chi connectivity index (χ0v) is 10.1. The first kappa shape index (κ1) is 14.0. The maximum atomic E-state index is 10.6. The van der Waals surface area contributed by atoms with Gasteiger partial charge < -0.3 is 9.84 Å². The summed E-state index contributed by atoms with van der Waals surface area (Å²) < 4.78 is 5.39. The van der Waals surface area contributed by atoms with Crippen molar-refractivity contribution in [3.05, 3.63) is 33.9 Å². The number of nitro benzene ring substituents is 1. The molecular weight excluding hydrogens is 238 g/mol. The number of ether oxygens (including phenoxy) is 1. The van der Waals surface area contributed by atoms with Crippen LogP contribution in [0.4, 0.5) is 5.69 Å². The van der Waals surface area contributed by atoms with Gasteiger partial charge >= 0.3 is 5.97 Å². The summed E-state index contributed by atoms with van der Waals surface area (Å²) in [4.78, 5) is 20.4. The predicted octanol–water partition coefficient (Wildman–Crippen LogP) is 2.54. The molecule has 98 valence electrons. The second-order valence-corrected chi connectivity index (χ2v) is 3.90. The third kappa shape index (κ3) is 4.40. The number of hydrogen-bond acceptors (Lipinski definition) is 4. The molecule has 0 aliphatic heterocycles. The number of aliphatic carboxylic acids is 1. The largest absolute Gasteiger partial charge is 0.494 e. The highest BCUT2D eigenvalue weighted by Crippen LogP contribution is 2.23. The molecule has 1 aromatic carbocycles. The lowest BCUT2D eigenvalue weighted by Crippen LogP contribution is -2.01. The Kier molecular flexibility index (Phi) is 5.10. The monoisotopic (exact) mass is 253 g/mol. The maximum Gasteiger partial charge on any atom is 0.303 e. The van der Waals surface area contributed by atoms with Gasteiger partial charge in [-0.15, -0.1) is 0 Å². The van der Waals surface area contributed by atoms with Crippen molar-refractivity contribution in [2.45, 2.75) is 26.2 Å². The minimum atomic E-state index is -0.818. The van der Waals surface area contributed by atoms with Crippen molar-refractivity contribution >= 4 is 11.7 Å². The van der Waals surface area contributed by atoms with Gasteiger partial charge in [0, 0.05) is 18.1 Å². The van der Waals surface area contributed by atoms with E-state index in [2.05, 4.69) is 0 Å². The van der Waals surface area contributed by atoms with Crippen LogP contribution in [0.1, 0.15) is 24.8 Å². The van der Waals surface area contributed by atoms with Crippen molar-refractivity contribution < 1.29 is 19.6 Å². The van der Waals surface area contributed by atoms with E-state index in [9.17, 15) is 14.9 Å². The van der Waals surface area contributed by atoms with Gasteiger partial charge in [-0.2, -0.15) is 0 Å². The molecule has 0 spiro atoms. The first-order chi connectivity index (χ1) is 8.50. The Balaban J connectivity index is 2.42. The maximum absolute atomic E-state index is 10.6. The summed E-state index contributed by atoms with van der Waals surface area (Å²) in [6, 6.07) is 4.56. The van der Waals surface area contributed by atoms with Crippen LogP contribution in [0.5, 0.6) is 5.75 Å². The van der Waals surface area contributed by atoms with Crippen LogP contribution < -0.4 is 4.74 Å². The second-order valence-electron chi connectivity index (χ2n) is 3.90. The molecule has 0 aliphatic carbocycles. The lowest BCUT2D eigenvalue weighted by Gasteiger charge is -2.06. The average Bonchev–Trinajstić information content (AvgIpc) is 2.27. The number of aryl methyl sites for hydroxylation is 1. The van der Waals surface area contributed by atoms with E-state index in [0.717, 1.165) is 0 Å². The van der Waals surface area contributed by atoms with E-state index in [1.165, 1.54) is 6.07 Å². The molecule has 0 atom stereocenters. The number of nitrogens with zero attached hydrogens (tertiary/aromatic N) is 1. The van der Waals surface area contributed by atoms with E-state index in [0.29, 0.717) is 30.8 Å². The predicted molar refractivity (Wildman–Crippen MR) is 64.8 cm³/mol. The Hall–Kier alpha value is -2.11. The van der Waals surface area contributed by atoms with Crippen molar-refractivity contribution in [2.24, 2.45) is 0 Å². The first-order valence-corrected chi connectivity index (χ1v) is 5.60. The smallest absolute Gasteiger partial charge is 0.303 e. The van der Waals surface area contributed by atoms with Crippen LogP contribution in [-0.2, 0) is 4.79 Å². The number of hydrogen-bond donors (Lipinski definition) is 1. The quantitative estimate of drug-likeness (QED) is 0.458. The van der Waals surface area contributed by atoms with Gasteiger partial charge in [-0.3, -0.25) is 14.9 Å². The highest BCUT2D eigenvalue weighted by atomic mass is 16.6. The van der Waals surface area contributed by atoms with E-state index < -0.39 is 10.9 Å². The summed E-state index contributed by atoms with van der Waals surface area (Å²) >= 11 is 0. The Morgan fingerprint density at radius 2 is 2.17 bits per heavy atom. The fraction of sp³-hybridized carbons (Fsp3) is 0.417.